The van der Waals surface area contributed by atoms with Gasteiger partial charge >= 0.3 is 0 Å². The predicted octanol–water partition coefficient (Wildman–Crippen LogP) is 1.84. The maximum atomic E-state index is 11.8. The number of amides is 2. The van der Waals surface area contributed by atoms with Crippen molar-refractivity contribution >= 4 is 11.8 Å². The SMILES string of the molecule is CCCNC(=O)C1CCC(C(=O)NC(C)C)CC1. The molecule has 2 amide bonds. The van der Waals surface area contributed by atoms with Crippen LogP contribution < -0.4 is 10.6 Å². The molecule has 0 unspecified atom stereocenters. The van der Waals surface area contributed by atoms with Gasteiger partial charge in [-0.2, -0.15) is 0 Å². The van der Waals surface area contributed by atoms with Gasteiger partial charge in [0.25, 0.3) is 0 Å². The maximum Gasteiger partial charge on any atom is 0.223 e. The highest BCUT2D eigenvalue weighted by atomic mass is 16.2. The lowest BCUT2D eigenvalue weighted by atomic mass is 9.81. The molecule has 0 aromatic rings. The largest absolute Gasteiger partial charge is 0.356 e. The van der Waals surface area contributed by atoms with Gasteiger partial charge in [0.15, 0.2) is 0 Å². The zero-order chi connectivity index (χ0) is 13.5. The molecule has 1 saturated carbocycles. The summed E-state index contributed by atoms with van der Waals surface area (Å²) >= 11 is 0. The topological polar surface area (TPSA) is 58.2 Å². The molecule has 0 radical (unpaired) electrons. The number of hydrogen-bond acceptors (Lipinski definition) is 2. The molecule has 18 heavy (non-hydrogen) atoms. The lowest BCUT2D eigenvalue weighted by molar-refractivity contribution is -0.130. The second-order valence-electron chi connectivity index (χ2n) is 5.50. The van der Waals surface area contributed by atoms with Crippen LogP contribution in [0.1, 0.15) is 52.9 Å². The molecule has 104 valence electrons. The first kappa shape index (κ1) is 15.0. The van der Waals surface area contributed by atoms with Crippen LogP contribution in [0.15, 0.2) is 0 Å². The second-order valence-corrected chi connectivity index (χ2v) is 5.50. The minimum atomic E-state index is 0.0997. The van der Waals surface area contributed by atoms with Crippen molar-refractivity contribution in [1.29, 1.82) is 0 Å². The zero-order valence-electron chi connectivity index (χ0n) is 11.8. The zero-order valence-corrected chi connectivity index (χ0v) is 11.8. The Kier molecular flexibility index (Phi) is 6.16. The molecule has 1 rings (SSSR count). The molecule has 0 saturated heterocycles. The van der Waals surface area contributed by atoms with E-state index in [0.29, 0.717) is 0 Å². The highest BCUT2D eigenvalue weighted by molar-refractivity contribution is 5.81. The van der Waals surface area contributed by atoms with Gasteiger partial charge in [-0.1, -0.05) is 6.92 Å². The summed E-state index contributed by atoms with van der Waals surface area (Å²) in [6.45, 7) is 6.75. The van der Waals surface area contributed by atoms with Gasteiger partial charge in [-0.3, -0.25) is 9.59 Å². The molecule has 4 nitrogen and oxygen atoms in total. The summed E-state index contributed by atoms with van der Waals surface area (Å²) in [6, 6.07) is 0.197. The van der Waals surface area contributed by atoms with Crippen LogP contribution in [0.3, 0.4) is 0 Å². The summed E-state index contributed by atoms with van der Waals surface area (Å²) < 4.78 is 0. The lowest BCUT2D eigenvalue weighted by Crippen LogP contribution is -2.39. The monoisotopic (exact) mass is 254 g/mol. The van der Waals surface area contributed by atoms with Gasteiger partial charge in [-0.05, 0) is 46.0 Å². The highest BCUT2D eigenvalue weighted by Crippen LogP contribution is 2.29. The van der Waals surface area contributed by atoms with Crippen molar-refractivity contribution in [3.8, 4) is 0 Å². The van der Waals surface area contributed by atoms with Crippen LogP contribution in [0, 0.1) is 11.8 Å². The van der Waals surface area contributed by atoms with E-state index in [4.69, 9.17) is 0 Å². The van der Waals surface area contributed by atoms with E-state index < -0.39 is 0 Å². The third kappa shape index (κ3) is 4.67. The number of carbonyl (C=O) groups is 2. The molecule has 0 heterocycles. The molecule has 0 aromatic heterocycles. The average Bonchev–Trinajstić information content (AvgIpc) is 2.35. The van der Waals surface area contributed by atoms with Crippen molar-refractivity contribution in [3.05, 3.63) is 0 Å². The van der Waals surface area contributed by atoms with Gasteiger partial charge in [0.05, 0.1) is 0 Å². The molecule has 1 aliphatic carbocycles. The van der Waals surface area contributed by atoms with Crippen LogP contribution in [0.5, 0.6) is 0 Å². The number of hydrogen-bond donors (Lipinski definition) is 2. The molecular weight excluding hydrogens is 228 g/mol. The molecule has 1 fully saturated rings. The Balaban J connectivity index is 2.32. The summed E-state index contributed by atoms with van der Waals surface area (Å²) in [5.74, 6) is 0.527. The van der Waals surface area contributed by atoms with Crippen molar-refractivity contribution < 1.29 is 9.59 Å². The first-order valence-electron chi connectivity index (χ1n) is 7.12. The summed E-state index contributed by atoms with van der Waals surface area (Å²) in [5.41, 5.74) is 0. The molecule has 2 N–H and O–H groups in total. The van der Waals surface area contributed by atoms with Crippen molar-refractivity contribution in [2.75, 3.05) is 6.54 Å². The van der Waals surface area contributed by atoms with Crippen LogP contribution in [-0.2, 0) is 9.59 Å². The van der Waals surface area contributed by atoms with E-state index in [1.807, 2.05) is 20.8 Å². The predicted molar refractivity (Wildman–Crippen MR) is 72.0 cm³/mol. The van der Waals surface area contributed by atoms with Crippen molar-refractivity contribution in [2.24, 2.45) is 11.8 Å². The number of carbonyl (C=O) groups excluding carboxylic acids is 2. The summed E-state index contributed by atoms with van der Waals surface area (Å²) in [5, 5.41) is 5.89. The van der Waals surface area contributed by atoms with E-state index in [1.54, 1.807) is 0 Å². The Bertz CT molecular complexity index is 282. The Hall–Kier alpha value is -1.06. The minimum Gasteiger partial charge on any atom is -0.356 e. The van der Waals surface area contributed by atoms with Gasteiger partial charge in [0.2, 0.25) is 11.8 Å². The minimum absolute atomic E-state index is 0.0997. The molecule has 0 spiro atoms. The third-order valence-corrected chi connectivity index (χ3v) is 3.45. The molecule has 4 heteroatoms. The van der Waals surface area contributed by atoms with Crippen LogP contribution >= 0.6 is 0 Å². The molecule has 0 aromatic carbocycles. The smallest absolute Gasteiger partial charge is 0.223 e. The normalized spacial score (nSPS) is 23.8. The fraction of sp³-hybridized carbons (Fsp3) is 0.857. The maximum absolute atomic E-state index is 11.8. The van der Waals surface area contributed by atoms with E-state index in [0.717, 1.165) is 38.6 Å². The molecular formula is C14H26N2O2. The molecule has 0 atom stereocenters. The summed E-state index contributed by atoms with van der Waals surface area (Å²) in [6.07, 6.45) is 4.32. The van der Waals surface area contributed by atoms with Crippen molar-refractivity contribution in [1.82, 2.24) is 10.6 Å². The van der Waals surface area contributed by atoms with E-state index in [2.05, 4.69) is 10.6 Å². The van der Waals surface area contributed by atoms with Crippen LogP contribution in [0.4, 0.5) is 0 Å². The van der Waals surface area contributed by atoms with Crippen LogP contribution in [-0.4, -0.2) is 24.4 Å². The van der Waals surface area contributed by atoms with Gasteiger partial charge in [0.1, 0.15) is 0 Å². The summed E-state index contributed by atoms with van der Waals surface area (Å²) in [7, 11) is 0. The molecule has 0 bridgehead atoms. The highest BCUT2D eigenvalue weighted by Gasteiger charge is 2.29. The van der Waals surface area contributed by atoms with Gasteiger partial charge in [-0.15, -0.1) is 0 Å². The lowest BCUT2D eigenvalue weighted by Gasteiger charge is -2.27. The fourth-order valence-corrected chi connectivity index (χ4v) is 2.41. The Morgan fingerprint density at radius 3 is 2.00 bits per heavy atom. The average molecular weight is 254 g/mol. The van der Waals surface area contributed by atoms with E-state index in [9.17, 15) is 9.59 Å². The van der Waals surface area contributed by atoms with Gasteiger partial charge < -0.3 is 10.6 Å². The van der Waals surface area contributed by atoms with E-state index >= 15 is 0 Å². The summed E-state index contributed by atoms with van der Waals surface area (Å²) in [4.78, 5) is 23.6. The van der Waals surface area contributed by atoms with Crippen LogP contribution in [0.2, 0.25) is 0 Å². The van der Waals surface area contributed by atoms with Gasteiger partial charge in [0, 0.05) is 24.4 Å². The van der Waals surface area contributed by atoms with Gasteiger partial charge in [-0.25, -0.2) is 0 Å². The standard InChI is InChI=1S/C14H26N2O2/c1-4-9-15-13(17)11-5-7-12(8-6-11)14(18)16-10(2)3/h10-12H,4-9H2,1-3H3,(H,15,17)(H,16,18). The Morgan fingerprint density at radius 2 is 1.56 bits per heavy atom. The first-order valence-corrected chi connectivity index (χ1v) is 7.12. The number of rotatable bonds is 5. The molecule has 0 aliphatic heterocycles. The number of nitrogens with one attached hydrogen (secondary N) is 2. The van der Waals surface area contributed by atoms with Crippen LogP contribution in [0.25, 0.3) is 0 Å². The second kappa shape index (κ2) is 7.39. The van der Waals surface area contributed by atoms with E-state index in [-0.39, 0.29) is 29.7 Å². The third-order valence-electron chi connectivity index (χ3n) is 3.45. The quantitative estimate of drug-likeness (QED) is 0.786. The molecule has 1 aliphatic rings. The fourth-order valence-electron chi connectivity index (χ4n) is 2.41. The first-order chi connectivity index (χ1) is 8.54. The van der Waals surface area contributed by atoms with Crippen molar-refractivity contribution in [2.45, 2.75) is 58.9 Å². The van der Waals surface area contributed by atoms with E-state index in [1.165, 1.54) is 0 Å². The Labute approximate surface area is 110 Å². The van der Waals surface area contributed by atoms with Crippen molar-refractivity contribution in [3.63, 3.8) is 0 Å². The Morgan fingerprint density at radius 1 is 1.06 bits per heavy atom.